The van der Waals surface area contributed by atoms with E-state index >= 15 is 0 Å². The first-order valence-electron chi connectivity index (χ1n) is 9.36. The molecule has 1 saturated heterocycles. The number of rotatable bonds is 6. The summed E-state index contributed by atoms with van der Waals surface area (Å²) in [5.41, 5.74) is 0.122. The summed E-state index contributed by atoms with van der Waals surface area (Å²) in [5.74, 6) is -1.46. The summed E-state index contributed by atoms with van der Waals surface area (Å²) in [7, 11) is -4.07. The molecule has 0 N–H and O–H groups in total. The molecule has 0 aromatic heterocycles. The number of amides is 1. The lowest BCUT2D eigenvalue weighted by Crippen LogP contribution is -2.66. The number of piperidine rings is 1. The highest BCUT2D eigenvalue weighted by atomic mass is 32.2. The summed E-state index contributed by atoms with van der Waals surface area (Å²) >= 11 is 0. The minimum Gasteiger partial charge on any atom is -0.356 e. The van der Waals surface area contributed by atoms with E-state index in [9.17, 15) is 18.0 Å². The zero-order valence-corrected chi connectivity index (χ0v) is 16.7. The fourth-order valence-corrected chi connectivity index (χ4v) is 5.46. The lowest BCUT2D eigenvalue weighted by Gasteiger charge is -2.49. The highest BCUT2D eigenvalue weighted by Gasteiger charge is 2.59. The van der Waals surface area contributed by atoms with Crippen molar-refractivity contribution in [3.63, 3.8) is 0 Å². The van der Waals surface area contributed by atoms with Crippen molar-refractivity contribution >= 4 is 22.2 Å². The van der Waals surface area contributed by atoms with Crippen LogP contribution in [-0.4, -0.2) is 36.6 Å². The van der Waals surface area contributed by atoms with Gasteiger partial charge in [-0.2, -0.15) is 0 Å². The fourth-order valence-electron chi connectivity index (χ4n) is 3.88. The second-order valence-electron chi connectivity index (χ2n) is 7.39. The van der Waals surface area contributed by atoms with Gasteiger partial charge in [-0.15, -0.1) is 0 Å². The second kappa shape index (κ2) is 7.24. The molecular formula is C22H21NO5S. The van der Waals surface area contributed by atoms with Gasteiger partial charge in [-0.05, 0) is 37.1 Å². The molecular weight excluding hydrogens is 390 g/mol. The number of ether oxygens (including phenoxy) is 1. The van der Waals surface area contributed by atoms with Crippen LogP contribution in [0.1, 0.15) is 17.5 Å². The van der Waals surface area contributed by atoms with E-state index in [1.165, 1.54) is 12.1 Å². The zero-order chi connectivity index (χ0) is 20.6. The number of benzene rings is 2. The molecule has 0 saturated carbocycles. The van der Waals surface area contributed by atoms with Gasteiger partial charge in [0.15, 0.2) is 5.60 Å². The number of nitrogens with zero attached hydrogens (tertiary/aromatic N) is 1. The molecule has 3 atom stereocenters. The summed E-state index contributed by atoms with van der Waals surface area (Å²) in [6.45, 7) is 1.94. The van der Waals surface area contributed by atoms with E-state index in [0.717, 1.165) is 15.4 Å². The summed E-state index contributed by atoms with van der Waals surface area (Å²) in [5, 5.41) is 0. The molecule has 2 aromatic carbocycles. The topological polar surface area (TPSA) is 80.8 Å². The maximum atomic E-state index is 13.4. The van der Waals surface area contributed by atoms with Gasteiger partial charge in [0, 0.05) is 0 Å². The number of hydrogen-bond donors (Lipinski definition) is 0. The summed E-state index contributed by atoms with van der Waals surface area (Å²) in [6.07, 6.45) is 4.09. The quantitative estimate of drug-likeness (QED) is 0.539. The molecule has 0 spiro atoms. The van der Waals surface area contributed by atoms with Gasteiger partial charge < -0.3 is 9.53 Å². The third-order valence-corrected chi connectivity index (χ3v) is 7.33. The van der Waals surface area contributed by atoms with E-state index < -0.39 is 33.5 Å². The number of aldehydes is 1. The van der Waals surface area contributed by atoms with Crippen molar-refractivity contribution in [2.24, 2.45) is 5.92 Å². The summed E-state index contributed by atoms with van der Waals surface area (Å²) in [4.78, 5) is 25.2. The van der Waals surface area contributed by atoms with Crippen molar-refractivity contribution in [2.75, 3.05) is 0 Å². The number of hydrogen-bond acceptors (Lipinski definition) is 5. The molecule has 1 aliphatic carbocycles. The Morgan fingerprint density at radius 1 is 1.14 bits per heavy atom. The van der Waals surface area contributed by atoms with Gasteiger partial charge in [-0.3, -0.25) is 4.79 Å². The largest absolute Gasteiger partial charge is 0.356 e. The van der Waals surface area contributed by atoms with Gasteiger partial charge >= 0.3 is 0 Å². The molecule has 0 radical (unpaired) electrons. The lowest BCUT2D eigenvalue weighted by molar-refractivity contribution is -0.168. The van der Waals surface area contributed by atoms with Crippen LogP contribution in [0.3, 0.4) is 0 Å². The Morgan fingerprint density at radius 3 is 2.48 bits per heavy atom. The monoisotopic (exact) mass is 411 g/mol. The van der Waals surface area contributed by atoms with Crippen LogP contribution in [0.4, 0.5) is 0 Å². The Balaban J connectivity index is 1.70. The summed E-state index contributed by atoms with van der Waals surface area (Å²) in [6, 6.07) is 14.9. The molecule has 2 heterocycles. The molecule has 1 fully saturated rings. The zero-order valence-electron chi connectivity index (χ0n) is 15.9. The molecule has 0 unspecified atom stereocenters. The maximum Gasteiger partial charge on any atom is 0.273 e. The van der Waals surface area contributed by atoms with Crippen molar-refractivity contribution in [3.8, 4) is 0 Å². The molecule has 2 aromatic rings. The molecule has 2 bridgehead atoms. The van der Waals surface area contributed by atoms with Crippen LogP contribution < -0.4 is 0 Å². The minimum absolute atomic E-state index is 0.0401. The smallest absolute Gasteiger partial charge is 0.273 e. The van der Waals surface area contributed by atoms with Crippen LogP contribution in [0.25, 0.3) is 0 Å². The molecule has 1 amide bonds. The van der Waals surface area contributed by atoms with Gasteiger partial charge in [0.05, 0.1) is 23.5 Å². The van der Waals surface area contributed by atoms with Crippen molar-refractivity contribution in [1.29, 1.82) is 0 Å². The SMILES string of the molecule is Cc1ccc(S(=O)(=O)N2C(=O)[C@]3(OCc4ccccc4)C=C[C@H]2C[C@H]3C=O)cc1. The van der Waals surface area contributed by atoms with Crippen LogP contribution in [0, 0.1) is 12.8 Å². The molecule has 6 nitrogen and oxygen atoms in total. The number of fused-ring (bicyclic) bond motifs is 2. The summed E-state index contributed by atoms with van der Waals surface area (Å²) < 4.78 is 33.3. The van der Waals surface area contributed by atoms with E-state index in [0.29, 0.717) is 6.29 Å². The Hall–Kier alpha value is -2.77. The van der Waals surface area contributed by atoms with Gasteiger partial charge in [-0.1, -0.05) is 54.1 Å². The van der Waals surface area contributed by atoms with Gasteiger partial charge in [-0.25, -0.2) is 12.7 Å². The Labute approximate surface area is 169 Å². The van der Waals surface area contributed by atoms with Crippen molar-refractivity contribution in [3.05, 3.63) is 77.9 Å². The second-order valence-corrected chi connectivity index (χ2v) is 9.21. The van der Waals surface area contributed by atoms with Crippen LogP contribution in [0.2, 0.25) is 0 Å². The van der Waals surface area contributed by atoms with E-state index in [1.54, 1.807) is 24.3 Å². The molecule has 3 aliphatic rings. The molecule has 7 heteroatoms. The average Bonchev–Trinajstić information content (AvgIpc) is 2.73. The van der Waals surface area contributed by atoms with Crippen LogP contribution in [-0.2, 0) is 31.0 Å². The van der Waals surface area contributed by atoms with E-state index in [-0.39, 0.29) is 17.9 Å². The van der Waals surface area contributed by atoms with Crippen molar-refractivity contribution in [2.45, 2.75) is 36.5 Å². The first kappa shape index (κ1) is 19.5. The highest BCUT2D eigenvalue weighted by Crippen LogP contribution is 2.43. The molecule has 2 aliphatic heterocycles. The normalized spacial score (nSPS) is 26.0. The first-order valence-corrected chi connectivity index (χ1v) is 10.8. The van der Waals surface area contributed by atoms with Crippen LogP contribution >= 0.6 is 0 Å². The highest BCUT2D eigenvalue weighted by molar-refractivity contribution is 7.89. The molecule has 29 heavy (non-hydrogen) atoms. The van der Waals surface area contributed by atoms with Crippen molar-refractivity contribution < 1.29 is 22.7 Å². The van der Waals surface area contributed by atoms with E-state index in [4.69, 9.17) is 4.74 Å². The van der Waals surface area contributed by atoms with Crippen LogP contribution in [0.15, 0.2) is 71.6 Å². The number of aryl methyl sites for hydroxylation is 1. The minimum atomic E-state index is -4.07. The third kappa shape index (κ3) is 3.20. The lowest BCUT2D eigenvalue weighted by atomic mass is 9.74. The van der Waals surface area contributed by atoms with E-state index in [1.807, 2.05) is 37.3 Å². The number of sulfonamides is 1. The van der Waals surface area contributed by atoms with Crippen LogP contribution in [0.5, 0.6) is 0 Å². The standard InChI is InChI=1S/C22H21NO5S/c1-16-7-9-20(10-8-16)29(26,27)23-19-11-12-22(21(23)25,18(13-19)14-24)28-15-17-5-3-2-4-6-17/h2-12,14,18-19H,13,15H2,1H3/t18-,19-,22-/m0/s1. The third-order valence-electron chi connectivity index (χ3n) is 5.51. The molecule has 150 valence electrons. The molecule has 5 rings (SSSR count). The Kier molecular flexibility index (Phi) is 4.88. The van der Waals surface area contributed by atoms with E-state index in [2.05, 4.69) is 0 Å². The average molecular weight is 411 g/mol. The maximum absolute atomic E-state index is 13.4. The van der Waals surface area contributed by atoms with Gasteiger partial charge in [0.1, 0.15) is 6.29 Å². The Morgan fingerprint density at radius 2 is 1.83 bits per heavy atom. The van der Waals surface area contributed by atoms with Gasteiger partial charge in [0.2, 0.25) is 0 Å². The number of carbonyl (C=O) groups excluding carboxylic acids is 2. The first-order chi connectivity index (χ1) is 13.9. The van der Waals surface area contributed by atoms with Crippen molar-refractivity contribution in [1.82, 2.24) is 4.31 Å². The Bertz CT molecular complexity index is 1060. The fraction of sp³-hybridized carbons (Fsp3) is 0.273. The van der Waals surface area contributed by atoms with Gasteiger partial charge in [0.25, 0.3) is 15.9 Å². The predicted molar refractivity (Wildman–Crippen MR) is 106 cm³/mol. The predicted octanol–water partition coefficient (Wildman–Crippen LogP) is 2.63. The number of carbonyl (C=O) groups is 2.